The monoisotopic (exact) mass is 405 g/mol. The minimum atomic E-state index is 0.0274. The van der Waals surface area contributed by atoms with Crippen LogP contribution < -0.4 is 9.64 Å². The maximum atomic E-state index is 13.2. The Hall–Kier alpha value is -2.86. The molecule has 3 aliphatic heterocycles. The molecule has 6 nitrogen and oxygen atoms in total. The van der Waals surface area contributed by atoms with E-state index in [2.05, 4.69) is 23.1 Å². The summed E-state index contributed by atoms with van der Waals surface area (Å²) >= 11 is 0. The number of benzene rings is 2. The van der Waals surface area contributed by atoms with Gasteiger partial charge in [-0.1, -0.05) is 24.3 Å². The summed E-state index contributed by atoms with van der Waals surface area (Å²) in [6, 6.07) is 14.0. The summed E-state index contributed by atoms with van der Waals surface area (Å²) in [5.74, 6) is 1.16. The van der Waals surface area contributed by atoms with Gasteiger partial charge in [0.25, 0.3) is 5.91 Å². The van der Waals surface area contributed by atoms with E-state index in [-0.39, 0.29) is 11.8 Å². The van der Waals surface area contributed by atoms with Gasteiger partial charge in [0, 0.05) is 52.1 Å². The van der Waals surface area contributed by atoms with Gasteiger partial charge in [0.1, 0.15) is 5.75 Å². The van der Waals surface area contributed by atoms with E-state index in [4.69, 9.17) is 4.74 Å². The van der Waals surface area contributed by atoms with E-state index < -0.39 is 0 Å². The Morgan fingerprint density at radius 2 is 1.80 bits per heavy atom. The van der Waals surface area contributed by atoms with Crippen molar-refractivity contribution < 1.29 is 14.3 Å². The molecule has 0 aromatic heterocycles. The first-order chi connectivity index (χ1) is 14.7. The number of nitrogens with zero attached hydrogens (tertiary/aromatic N) is 3. The Kier molecular flexibility index (Phi) is 5.17. The first-order valence-electron chi connectivity index (χ1n) is 10.8. The fourth-order valence-corrected chi connectivity index (χ4v) is 4.67. The maximum Gasteiger partial charge on any atom is 0.256 e. The lowest BCUT2D eigenvalue weighted by Crippen LogP contribution is -2.48. The SMILES string of the molecule is O=C(c1ccccc1N1CCCC1=O)N1CCN(Cc2ccc3c(c2)CCO3)CC1. The van der Waals surface area contributed by atoms with Crippen molar-refractivity contribution in [3.63, 3.8) is 0 Å². The quantitative estimate of drug-likeness (QED) is 0.785. The van der Waals surface area contributed by atoms with Crippen LogP contribution in [0.25, 0.3) is 0 Å². The first-order valence-corrected chi connectivity index (χ1v) is 10.8. The predicted octanol–water partition coefficient (Wildman–Crippen LogP) is 2.71. The Labute approximate surface area is 177 Å². The van der Waals surface area contributed by atoms with Gasteiger partial charge in [-0.05, 0) is 35.7 Å². The summed E-state index contributed by atoms with van der Waals surface area (Å²) in [6.45, 7) is 5.49. The molecule has 3 aliphatic rings. The number of ether oxygens (including phenoxy) is 1. The fraction of sp³-hybridized carbons (Fsp3) is 0.417. The molecule has 0 N–H and O–H groups in total. The molecule has 0 atom stereocenters. The number of piperazine rings is 1. The van der Waals surface area contributed by atoms with Crippen molar-refractivity contribution >= 4 is 17.5 Å². The zero-order valence-electron chi connectivity index (χ0n) is 17.2. The van der Waals surface area contributed by atoms with E-state index in [1.807, 2.05) is 29.2 Å². The standard InChI is InChI=1S/C24H27N3O3/c28-23-6-3-10-27(23)21-5-2-1-4-20(21)24(29)26-13-11-25(12-14-26)17-18-7-8-22-19(16-18)9-15-30-22/h1-2,4-5,7-8,16H,3,6,9-15,17H2. The highest BCUT2D eigenvalue weighted by atomic mass is 16.5. The van der Waals surface area contributed by atoms with Crippen molar-refractivity contribution in [1.82, 2.24) is 9.80 Å². The molecule has 0 aliphatic carbocycles. The van der Waals surface area contributed by atoms with Crippen LogP contribution in [0.2, 0.25) is 0 Å². The van der Waals surface area contributed by atoms with E-state index in [0.29, 0.717) is 31.6 Å². The predicted molar refractivity (Wildman–Crippen MR) is 115 cm³/mol. The number of fused-ring (bicyclic) bond motifs is 1. The maximum absolute atomic E-state index is 13.2. The van der Waals surface area contributed by atoms with Crippen molar-refractivity contribution in [2.45, 2.75) is 25.8 Å². The second kappa shape index (κ2) is 8.11. The van der Waals surface area contributed by atoms with E-state index in [0.717, 1.165) is 50.5 Å². The third kappa shape index (κ3) is 3.67. The summed E-state index contributed by atoms with van der Waals surface area (Å²) < 4.78 is 5.60. The van der Waals surface area contributed by atoms with Crippen molar-refractivity contribution in [3.8, 4) is 5.75 Å². The lowest BCUT2D eigenvalue weighted by atomic mass is 10.1. The zero-order valence-corrected chi connectivity index (χ0v) is 17.2. The van der Waals surface area contributed by atoms with Crippen LogP contribution >= 0.6 is 0 Å². The highest BCUT2D eigenvalue weighted by Gasteiger charge is 2.29. The van der Waals surface area contributed by atoms with Gasteiger partial charge in [0.2, 0.25) is 5.91 Å². The van der Waals surface area contributed by atoms with Crippen LogP contribution in [0, 0.1) is 0 Å². The molecule has 6 heteroatoms. The van der Waals surface area contributed by atoms with Crippen LogP contribution in [0.5, 0.6) is 5.75 Å². The lowest BCUT2D eigenvalue weighted by Gasteiger charge is -2.35. The summed E-state index contributed by atoms with van der Waals surface area (Å²) in [5.41, 5.74) is 4.00. The Morgan fingerprint density at radius 1 is 0.967 bits per heavy atom. The van der Waals surface area contributed by atoms with Crippen LogP contribution in [0.4, 0.5) is 5.69 Å². The Bertz CT molecular complexity index is 966. The van der Waals surface area contributed by atoms with E-state index in [9.17, 15) is 9.59 Å². The summed E-state index contributed by atoms with van der Waals surface area (Å²) in [5, 5.41) is 0. The van der Waals surface area contributed by atoms with Gasteiger partial charge in [-0.3, -0.25) is 14.5 Å². The highest BCUT2D eigenvalue weighted by molar-refractivity contribution is 6.05. The largest absolute Gasteiger partial charge is 0.493 e. The van der Waals surface area contributed by atoms with E-state index in [1.165, 1.54) is 11.1 Å². The highest BCUT2D eigenvalue weighted by Crippen LogP contribution is 2.28. The second-order valence-electron chi connectivity index (χ2n) is 8.27. The molecular formula is C24H27N3O3. The van der Waals surface area contributed by atoms with Crippen molar-refractivity contribution in [1.29, 1.82) is 0 Å². The average molecular weight is 405 g/mol. The van der Waals surface area contributed by atoms with Gasteiger partial charge >= 0.3 is 0 Å². The Morgan fingerprint density at radius 3 is 2.60 bits per heavy atom. The van der Waals surface area contributed by atoms with Crippen molar-refractivity contribution in [2.24, 2.45) is 0 Å². The normalized spacial score (nSPS) is 19.1. The molecular weight excluding hydrogens is 378 g/mol. The molecule has 2 amide bonds. The molecule has 2 fully saturated rings. The Balaban J connectivity index is 1.23. The number of carbonyl (C=O) groups is 2. The molecule has 0 saturated carbocycles. The minimum absolute atomic E-state index is 0.0274. The van der Waals surface area contributed by atoms with Gasteiger partial charge in [-0.25, -0.2) is 0 Å². The van der Waals surface area contributed by atoms with Crippen LogP contribution in [-0.4, -0.2) is 60.9 Å². The molecule has 0 spiro atoms. The topological polar surface area (TPSA) is 53.1 Å². The van der Waals surface area contributed by atoms with Crippen LogP contribution in [0.3, 0.4) is 0 Å². The zero-order chi connectivity index (χ0) is 20.5. The molecule has 2 saturated heterocycles. The smallest absolute Gasteiger partial charge is 0.256 e. The van der Waals surface area contributed by atoms with E-state index in [1.54, 1.807) is 4.90 Å². The van der Waals surface area contributed by atoms with Gasteiger partial charge in [-0.2, -0.15) is 0 Å². The molecule has 2 aromatic carbocycles. The van der Waals surface area contributed by atoms with E-state index >= 15 is 0 Å². The van der Waals surface area contributed by atoms with Gasteiger partial charge in [0.15, 0.2) is 0 Å². The molecule has 30 heavy (non-hydrogen) atoms. The lowest BCUT2D eigenvalue weighted by molar-refractivity contribution is -0.117. The molecule has 5 rings (SSSR count). The molecule has 3 heterocycles. The number of rotatable bonds is 4. The molecule has 0 radical (unpaired) electrons. The number of para-hydroxylation sites is 1. The fourth-order valence-electron chi connectivity index (χ4n) is 4.67. The van der Waals surface area contributed by atoms with Gasteiger partial charge in [0.05, 0.1) is 17.9 Å². The summed E-state index contributed by atoms with van der Waals surface area (Å²) in [4.78, 5) is 31.5. The number of anilines is 1. The van der Waals surface area contributed by atoms with Gasteiger partial charge in [-0.15, -0.1) is 0 Å². The molecule has 156 valence electrons. The molecule has 2 aromatic rings. The van der Waals surface area contributed by atoms with Crippen molar-refractivity contribution in [2.75, 3.05) is 44.2 Å². The summed E-state index contributed by atoms with van der Waals surface area (Å²) in [7, 11) is 0. The van der Waals surface area contributed by atoms with Crippen molar-refractivity contribution in [3.05, 3.63) is 59.2 Å². The number of carbonyl (C=O) groups excluding carboxylic acids is 2. The summed E-state index contributed by atoms with van der Waals surface area (Å²) in [6.07, 6.45) is 2.41. The number of hydrogen-bond donors (Lipinski definition) is 0. The minimum Gasteiger partial charge on any atom is -0.493 e. The van der Waals surface area contributed by atoms with Crippen LogP contribution in [-0.2, 0) is 17.8 Å². The number of amides is 2. The third-order valence-corrected chi connectivity index (χ3v) is 6.32. The van der Waals surface area contributed by atoms with Crippen LogP contribution in [0.15, 0.2) is 42.5 Å². The second-order valence-corrected chi connectivity index (χ2v) is 8.27. The molecule has 0 bridgehead atoms. The number of hydrogen-bond acceptors (Lipinski definition) is 4. The molecule has 0 unspecified atom stereocenters. The third-order valence-electron chi connectivity index (χ3n) is 6.32. The first kappa shape index (κ1) is 19.1. The van der Waals surface area contributed by atoms with Crippen LogP contribution in [0.1, 0.15) is 34.3 Å². The average Bonchev–Trinajstić information content (AvgIpc) is 3.42. The van der Waals surface area contributed by atoms with Gasteiger partial charge < -0.3 is 14.5 Å².